The zero-order chi connectivity index (χ0) is 16.0. The van der Waals surface area contributed by atoms with Crippen molar-refractivity contribution in [2.45, 2.75) is 17.6 Å². The van der Waals surface area contributed by atoms with Crippen LogP contribution in [0.15, 0.2) is 60.7 Å². The topological polar surface area (TPSA) is 46.5 Å². The molecule has 0 saturated heterocycles. The molecule has 5 heteroatoms. The first kappa shape index (κ1) is 16.7. The number of halogens is 1. The Balaban J connectivity index is 2.35. The maximum atomic E-state index is 15.4. The Morgan fingerprint density at radius 2 is 1.73 bits per heavy atom. The molecule has 0 aliphatic rings. The summed E-state index contributed by atoms with van der Waals surface area (Å²) in [7, 11) is 0. The summed E-state index contributed by atoms with van der Waals surface area (Å²) in [6.07, 6.45) is -1.56. The van der Waals surface area contributed by atoms with Gasteiger partial charge in [-0.05, 0) is 0 Å². The van der Waals surface area contributed by atoms with E-state index in [9.17, 15) is 9.90 Å². The van der Waals surface area contributed by atoms with Crippen molar-refractivity contribution in [2.24, 2.45) is 0 Å². The van der Waals surface area contributed by atoms with Crippen molar-refractivity contribution in [3.8, 4) is 0 Å². The molecule has 0 aliphatic carbocycles. The summed E-state index contributed by atoms with van der Waals surface area (Å²) in [5.74, 6) is -1.02. The molecule has 0 unspecified atom stereocenters. The second-order valence-electron chi connectivity index (χ2n) is 4.59. The van der Waals surface area contributed by atoms with E-state index >= 15 is 4.39 Å². The summed E-state index contributed by atoms with van der Waals surface area (Å²) in [5, 5.41) is 10.4. The van der Waals surface area contributed by atoms with Crippen molar-refractivity contribution in [3.63, 3.8) is 0 Å². The van der Waals surface area contributed by atoms with Gasteiger partial charge in [0, 0.05) is 0 Å². The zero-order valence-electron chi connectivity index (χ0n) is 12.1. The summed E-state index contributed by atoms with van der Waals surface area (Å²) in [5.41, 5.74) is 0.357. The molecule has 2 aromatic rings. The van der Waals surface area contributed by atoms with Gasteiger partial charge in [-0.15, -0.1) is 0 Å². The molecule has 0 radical (unpaired) electrons. The molecular weight excluding hydrogens is 350 g/mol. The normalized spacial score (nSPS) is 14.9. The van der Waals surface area contributed by atoms with Crippen LogP contribution in [0.1, 0.15) is 18.6 Å². The molecule has 22 heavy (non-hydrogen) atoms. The van der Waals surface area contributed by atoms with Crippen LogP contribution in [0.5, 0.6) is 0 Å². The number of carbonyl (C=O) groups excluding carboxylic acids is 1. The second kappa shape index (κ2) is 7.54. The quantitative estimate of drug-likeness (QED) is 0.628. The van der Waals surface area contributed by atoms with E-state index in [2.05, 4.69) is 0 Å². The molecule has 0 fully saturated rings. The number of carbonyl (C=O) groups is 1. The van der Waals surface area contributed by atoms with Gasteiger partial charge < -0.3 is 0 Å². The minimum atomic E-state index is -2.47. The van der Waals surface area contributed by atoms with Gasteiger partial charge in [0.1, 0.15) is 0 Å². The van der Waals surface area contributed by atoms with Crippen molar-refractivity contribution in [1.29, 1.82) is 0 Å². The third kappa shape index (κ3) is 3.74. The molecule has 3 nitrogen and oxygen atoms in total. The fraction of sp³-hybridized carbons (Fsp3) is 0.235. The number of aliphatic hydroxyl groups is 1. The average molecular weight is 367 g/mol. The number of esters is 1. The third-order valence-electron chi connectivity index (χ3n) is 3.03. The zero-order valence-corrected chi connectivity index (χ0v) is 13.8. The summed E-state index contributed by atoms with van der Waals surface area (Å²) < 4.78 is 18.5. The van der Waals surface area contributed by atoms with Gasteiger partial charge in [0.05, 0.1) is 0 Å². The SMILES string of the molecule is CCOC(=O)[C@](F)([Se]c1ccccc1)[C@@H](O)c1ccccc1. The Morgan fingerprint density at radius 3 is 2.27 bits per heavy atom. The van der Waals surface area contributed by atoms with E-state index in [0.29, 0.717) is 10.0 Å². The van der Waals surface area contributed by atoms with Crippen LogP contribution in [0.3, 0.4) is 0 Å². The Kier molecular flexibility index (Phi) is 5.72. The van der Waals surface area contributed by atoms with Crippen LogP contribution >= 0.6 is 0 Å². The molecule has 2 atom stereocenters. The Morgan fingerprint density at radius 1 is 1.18 bits per heavy atom. The minimum absolute atomic E-state index is 0.0664. The number of hydrogen-bond acceptors (Lipinski definition) is 3. The molecule has 0 amide bonds. The van der Waals surface area contributed by atoms with E-state index in [1.807, 2.05) is 6.07 Å². The molecule has 0 bridgehead atoms. The third-order valence-corrected chi connectivity index (χ3v) is 5.54. The molecule has 0 aromatic heterocycles. The van der Waals surface area contributed by atoms with Crippen LogP contribution in [0.25, 0.3) is 0 Å². The van der Waals surface area contributed by atoms with Crippen LogP contribution in [0.4, 0.5) is 4.39 Å². The van der Waals surface area contributed by atoms with E-state index in [-0.39, 0.29) is 6.61 Å². The predicted molar refractivity (Wildman–Crippen MR) is 83.7 cm³/mol. The van der Waals surface area contributed by atoms with E-state index in [4.69, 9.17) is 4.74 Å². The van der Waals surface area contributed by atoms with Gasteiger partial charge in [-0.2, -0.15) is 0 Å². The van der Waals surface area contributed by atoms with Crippen LogP contribution in [-0.2, 0) is 9.53 Å². The number of rotatable bonds is 6. The van der Waals surface area contributed by atoms with Crippen LogP contribution < -0.4 is 4.46 Å². The van der Waals surface area contributed by atoms with Crippen molar-refractivity contribution < 1.29 is 19.0 Å². The number of benzene rings is 2. The number of alkyl halides is 1. The van der Waals surface area contributed by atoms with Gasteiger partial charge in [0.2, 0.25) is 0 Å². The van der Waals surface area contributed by atoms with Crippen LogP contribution in [0.2, 0.25) is 0 Å². The molecule has 116 valence electrons. The summed E-state index contributed by atoms with van der Waals surface area (Å²) in [6, 6.07) is 17.2. The van der Waals surface area contributed by atoms with E-state index in [0.717, 1.165) is 0 Å². The molecule has 1 N–H and O–H groups in total. The second-order valence-corrected chi connectivity index (χ2v) is 7.26. The van der Waals surface area contributed by atoms with Crippen molar-refractivity contribution >= 4 is 25.4 Å². The fourth-order valence-corrected chi connectivity index (χ4v) is 4.10. The Hall–Kier alpha value is -1.68. The molecule has 2 rings (SSSR count). The molecule has 2 aromatic carbocycles. The molecular formula is C17H17FO3Se. The molecule has 0 saturated carbocycles. The van der Waals surface area contributed by atoms with E-state index in [1.54, 1.807) is 61.5 Å². The molecule has 0 spiro atoms. The molecule has 0 aliphatic heterocycles. The van der Waals surface area contributed by atoms with Gasteiger partial charge in [0.15, 0.2) is 0 Å². The maximum absolute atomic E-state index is 15.4. The first-order valence-corrected chi connectivity index (χ1v) is 8.62. The van der Waals surface area contributed by atoms with Crippen LogP contribution in [-0.4, -0.2) is 37.2 Å². The number of ether oxygens (including phenoxy) is 1. The fourth-order valence-electron chi connectivity index (χ4n) is 1.95. The monoisotopic (exact) mass is 368 g/mol. The number of hydrogen-bond donors (Lipinski definition) is 1. The van der Waals surface area contributed by atoms with Crippen molar-refractivity contribution in [1.82, 2.24) is 0 Å². The first-order chi connectivity index (χ1) is 10.6. The summed E-state index contributed by atoms with van der Waals surface area (Å²) in [4.78, 5) is 12.1. The summed E-state index contributed by atoms with van der Waals surface area (Å²) in [6.45, 7) is 1.68. The van der Waals surface area contributed by atoms with E-state index < -0.39 is 31.6 Å². The predicted octanol–water partition coefficient (Wildman–Crippen LogP) is 1.98. The Labute approximate surface area is 135 Å². The standard InChI is InChI=1S/C17H17FO3Se/c1-2-21-16(20)17(18,22-14-11-7-4-8-12-14)15(19)13-9-5-3-6-10-13/h3-12,15,19H,2H2,1H3/t15-,17+/m0/s1. The van der Waals surface area contributed by atoms with Crippen molar-refractivity contribution in [2.75, 3.05) is 6.61 Å². The summed E-state index contributed by atoms with van der Waals surface area (Å²) >= 11 is -0.921. The van der Waals surface area contributed by atoms with Gasteiger partial charge >= 0.3 is 135 Å². The molecule has 0 heterocycles. The van der Waals surface area contributed by atoms with Crippen LogP contribution in [0, 0.1) is 0 Å². The van der Waals surface area contributed by atoms with Gasteiger partial charge in [0.25, 0.3) is 0 Å². The van der Waals surface area contributed by atoms with E-state index in [1.165, 1.54) is 0 Å². The van der Waals surface area contributed by atoms with Gasteiger partial charge in [-0.3, -0.25) is 0 Å². The van der Waals surface area contributed by atoms with Gasteiger partial charge in [-0.25, -0.2) is 0 Å². The Bertz CT molecular complexity index is 606. The van der Waals surface area contributed by atoms with Crippen molar-refractivity contribution in [3.05, 3.63) is 66.2 Å². The first-order valence-electron chi connectivity index (χ1n) is 6.91. The average Bonchev–Trinajstić information content (AvgIpc) is 2.56. The number of aliphatic hydroxyl groups excluding tert-OH is 1. The van der Waals surface area contributed by atoms with Gasteiger partial charge in [-0.1, -0.05) is 0 Å².